The van der Waals surface area contributed by atoms with Crippen molar-refractivity contribution in [2.24, 2.45) is 5.92 Å². The molecule has 0 bridgehead atoms. The highest BCUT2D eigenvalue weighted by Gasteiger charge is 2.23. The Morgan fingerprint density at radius 1 is 1.33 bits per heavy atom. The molecule has 0 aliphatic carbocycles. The zero-order chi connectivity index (χ0) is 20.9. The Labute approximate surface area is 183 Å². The van der Waals surface area contributed by atoms with Crippen molar-refractivity contribution in [3.05, 3.63) is 51.3 Å². The molecule has 156 valence electrons. The smallest absolute Gasteiger partial charge is 0.246 e. The molecule has 3 aromatic rings. The Kier molecular flexibility index (Phi) is 6.49. The van der Waals surface area contributed by atoms with E-state index in [-0.39, 0.29) is 5.91 Å². The number of nitrogens with zero attached hydrogens (tertiary/aromatic N) is 5. The minimum Gasteiger partial charge on any atom is -0.339 e. The van der Waals surface area contributed by atoms with Crippen LogP contribution in [0.5, 0.6) is 0 Å². The maximum Gasteiger partial charge on any atom is 0.246 e. The highest BCUT2D eigenvalue weighted by Crippen LogP contribution is 2.23. The Bertz CT molecular complexity index is 1040. The Morgan fingerprint density at radius 3 is 3.00 bits per heavy atom. The number of hydrogen-bond acceptors (Lipinski definition) is 8. The predicted molar refractivity (Wildman–Crippen MR) is 121 cm³/mol. The van der Waals surface area contributed by atoms with Crippen molar-refractivity contribution in [2.45, 2.75) is 33.1 Å². The largest absolute Gasteiger partial charge is 0.339 e. The maximum atomic E-state index is 12.6. The van der Waals surface area contributed by atoms with Gasteiger partial charge in [0.15, 0.2) is 5.13 Å². The first-order valence-corrected chi connectivity index (χ1v) is 11.6. The van der Waals surface area contributed by atoms with Crippen LogP contribution in [0.25, 0.3) is 6.08 Å². The first-order valence-electron chi connectivity index (χ1n) is 9.94. The molecule has 0 radical (unpaired) electrons. The molecule has 1 N–H and O–H groups in total. The van der Waals surface area contributed by atoms with Crippen LogP contribution in [0.1, 0.15) is 34.1 Å². The molecule has 3 aromatic heterocycles. The minimum atomic E-state index is 0.0505. The summed E-state index contributed by atoms with van der Waals surface area (Å²) in [6, 6.07) is 1.97. The fraction of sp³-hybridized carbons (Fsp3) is 0.381. The molecule has 1 fully saturated rings. The van der Waals surface area contributed by atoms with Gasteiger partial charge in [0.1, 0.15) is 12.1 Å². The van der Waals surface area contributed by atoms with Crippen LogP contribution < -0.4 is 5.32 Å². The molecule has 1 atom stereocenters. The van der Waals surface area contributed by atoms with Gasteiger partial charge >= 0.3 is 0 Å². The number of thiazole rings is 2. The van der Waals surface area contributed by atoms with Gasteiger partial charge in [0.25, 0.3) is 0 Å². The number of carbonyl (C=O) groups is 1. The SMILES string of the molecule is Cc1cnc(Nc2cc(CC3CCCN(C(=O)C=Cc4csc(C)n4)C3)ncn2)s1. The normalized spacial score (nSPS) is 16.9. The van der Waals surface area contributed by atoms with Crippen molar-refractivity contribution < 1.29 is 4.79 Å². The molecular weight excluding hydrogens is 416 g/mol. The third-order valence-corrected chi connectivity index (χ3v) is 6.56. The lowest BCUT2D eigenvalue weighted by atomic mass is 9.93. The molecule has 1 saturated heterocycles. The fourth-order valence-corrected chi connectivity index (χ4v) is 4.80. The van der Waals surface area contributed by atoms with Gasteiger partial charge in [-0.1, -0.05) is 0 Å². The van der Waals surface area contributed by atoms with E-state index in [2.05, 4.69) is 25.3 Å². The van der Waals surface area contributed by atoms with E-state index in [1.165, 1.54) is 0 Å². The Morgan fingerprint density at radius 2 is 2.23 bits per heavy atom. The lowest BCUT2D eigenvalue weighted by molar-refractivity contribution is -0.127. The first kappa shape index (κ1) is 20.6. The topological polar surface area (TPSA) is 83.9 Å². The number of likely N-dealkylation sites (tertiary alicyclic amines) is 1. The van der Waals surface area contributed by atoms with Crippen LogP contribution in [0.3, 0.4) is 0 Å². The van der Waals surface area contributed by atoms with E-state index in [0.29, 0.717) is 5.92 Å². The third-order valence-electron chi connectivity index (χ3n) is 4.94. The van der Waals surface area contributed by atoms with Gasteiger partial charge in [-0.05, 0) is 45.1 Å². The van der Waals surface area contributed by atoms with Crippen LogP contribution in [0.2, 0.25) is 0 Å². The standard InChI is InChI=1S/C21H24N6OS2/c1-14-10-22-21(30-14)26-19-9-18(23-13-24-19)8-16-4-3-7-27(11-16)20(28)6-5-17-12-29-15(2)25-17/h5-6,9-10,12-13,16H,3-4,7-8,11H2,1-2H3,(H,22,23,24,26). The molecule has 9 heteroatoms. The van der Waals surface area contributed by atoms with Crippen molar-refractivity contribution in [1.29, 1.82) is 0 Å². The van der Waals surface area contributed by atoms with Gasteiger partial charge < -0.3 is 10.2 Å². The van der Waals surface area contributed by atoms with Crippen molar-refractivity contribution in [2.75, 3.05) is 18.4 Å². The van der Waals surface area contributed by atoms with Gasteiger partial charge in [-0.3, -0.25) is 4.79 Å². The van der Waals surface area contributed by atoms with E-state index in [0.717, 1.165) is 64.6 Å². The quantitative estimate of drug-likeness (QED) is 0.577. The molecule has 0 aromatic carbocycles. The zero-order valence-corrected chi connectivity index (χ0v) is 18.7. The van der Waals surface area contributed by atoms with Gasteiger partial charge in [0.05, 0.1) is 10.7 Å². The monoisotopic (exact) mass is 440 g/mol. The fourth-order valence-electron chi connectivity index (χ4n) is 3.55. The van der Waals surface area contributed by atoms with E-state index in [1.807, 2.05) is 36.4 Å². The Balaban J connectivity index is 1.35. The van der Waals surface area contributed by atoms with Crippen molar-refractivity contribution in [3.8, 4) is 0 Å². The second-order valence-corrected chi connectivity index (χ2v) is 9.71. The third kappa shape index (κ3) is 5.48. The Hall–Kier alpha value is -2.65. The number of hydrogen-bond donors (Lipinski definition) is 1. The van der Waals surface area contributed by atoms with Crippen LogP contribution >= 0.6 is 22.7 Å². The van der Waals surface area contributed by atoms with Crippen molar-refractivity contribution >= 4 is 45.6 Å². The summed E-state index contributed by atoms with van der Waals surface area (Å²) in [5.41, 5.74) is 1.82. The summed E-state index contributed by atoms with van der Waals surface area (Å²) in [7, 11) is 0. The lowest BCUT2D eigenvalue weighted by Crippen LogP contribution is -2.39. The molecule has 0 saturated carbocycles. The van der Waals surface area contributed by atoms with E-state index in [9.17, 15) is 4.79 Å². The molecular formula is C21H24N6OS2. The summed E-state index contributed by atoms with van der Waals surface area (Å²) in [6.45, 7) is 5.54. The zero-order valence-electron chi connectivity index (χ0n) is 17.0. The van der Waals surface area contributed by atoms with Crippen LogP contribution in [-0.2, 0) is 11.2 Å². The molecule has 4 rings (SSSR count). The van der Waals surface area contributed by atoms with E-state index in [1.54, 1.807) is 41.2 Å². The van der Waals surface area contributed by atoms with Gasteiger partial charge in [0.2, 0.25) is 5.91 Å². The summed E-state index contributed by atoms with van der Waals surface area (Å²) < 4.78 is 0. The van der Waals surface area contributed by atoms with Crippen LogP contribution in [-0.4, -0.2) is 43.8 Å². The molecule has 1 aliphatic rings. The summed E-state index contributed by atoms with van der Waals surface area (Å²) in [4.78, 5) is 33.1. The number of carbonyl (C=O) groups excluding carboxylic acids is 1. The number of piperidine rings is 1. The molecule has 1 aliphatic heterocycles. The molecule has 1 amide bonds. The van der Waals surface area contributed by atoms with Crippen LogP contribution in [0, 0.1) is 19.8 Å². The van der Waals surface area contributed by atoms with Gasteiger partial charge in [0, 0.05) is 47.4 Å². The molecule has 4 heterocycles. The number of rotatable bonds is 6. The number of aromatic nitrogens is 4. The van der Waals surface area contributed by atoms with Gasteiger partial charge in [-0.2, -0.15) is 0 Å². The average molecular weight is 441 g/mol. The minimum absolute atomic E-state index is 0.0505. The van der Waals surface area contributed by atoms with Gasteiger partial charge in [-0.15, -0.1) is 22.7 Å². The van der Waals surface area contributed by atoms with Crippen LogP contribution in [0.15, 0.2) is 30.0 Å². The average Bonchev–Trinajstić information content (AvgIpc) is 3.34. The number of aryl methyl sites for hydroxylation is 2. The molecule has 7 nitrogen and oxygen atoms in total. The number of nitrogens with one attached hydrogen (secondary N) is 1. The molecule has 0 spiro atoms. The second-order valence-electron chi connectivity index (χ2n) is 7.42. The lowest BCUT2D eigenvalue weighted by Gasteiger charge is -2.32. The molecule has 30 heavy (non-hydrogen) atoms. The molecule has 1 unspecified atom stereocenters. The number of anilines is 2. The second kappa shape index (κ2) is 9.44. The van der Waals surface area contributed by atoms with E-state index >= 15 is 0 Å². The predicted octanol–water partition coefficient (Wildman–Crippen LogP) is 4.24. The van der Waals surface area contributed by atoms with E-state index < -0.39 is 0 Å². The highest BCUT2D eigenvalue weighted by atomic mass is 32.1. The summed E-state index contributed by atoms with van der Waals surface area (Å²) in [5.74, 6) is 1.19. The van der Waals surface area contributed by atoms with Crippen molar-refractivity contribution in [3.63, 3.8) is 0 Å². The summed E-state index contributed by atoms with van der Waals surface area (Å²) >= 11 is 3.18. The summed E-state index contributed by atoms with van der Waals surface area (Å²) in [5, 5.41) is 7.04. The van der Waals surface area contributed by atoms with Crippen LogP contribution in [0.4, 0.5) is 10.9 Å². The van der Waals surface area contributed by atoms with E-state index in [4.69, 9.17) is 0 Å². The maximum absolute atomic E-state index is 12.6. The number of amides is 1. The van der Waals surface area contributed by atoms with Gasteiger partial charge in [-0.25, -0.2) is 19.9 Å². The first-order chi connectivity index (χ1) is 14.5. The summed E-state index contributed by atoms with van der Waals surface area (Å²) in [6.07, 6.45) is 9.80. The van der Waals surface area contributed by atoms with Crippen molar-refractivity contribution in [1.82, 2.24) is 24.8 Å². The highest BCUT2D eigenvalue weighted by molar-refractivity contribution is 7.15.